The molecule has 0 saturated carbocycles. The summed E-state index contributed by atoms with van der Waals surface area (Å²) in [6, 6.07) is 15.3. The molecule has 0 fully saturated rings. The van der Waals surface area contributed by atoms with Crippen LogP contribution in [0.2, 0.25) is 0 Å². The Morgan fingerprint density at radius 2 is 1.92 bits per heavy atom. The van der Waals surface area contributed by atoms with Crippen LogP contribution in [0.15, 0.2) is 48.5 Å². The van der Waals surface area contributed by atoms with Gasteiger partial charge in [-0.2, -0.15) is 0 Å². The predicted octanol–water partition coefficient (Wildman–Crippen LogP) is 2.58. The highest BCUT2D eigenvalue weighted by Crippen LogP contribution is 2.30. The predicted molar refractivity (Wildman–Crippen MR) is 90.7 cm³/mol. The van der Waals surface area contributed by atoms with Gasteiger partial charge in [0.2, 0.25) is 5.91 Å². The lowest BCUT2D eigenvalue weighted by Crippen LogP contribution is -2.40. The van der Waals surface area contributed by atoms with E-state index in [1.807, 2.05) is 48.5 Å². The highest BCUT2D eigenvalue weighted by atomic mass is 16.6. The van der Waals surface area contributed by atoms with Crippen molar-refractivity contribution in [1.82, 2.24) is 5.32 Å². The number of para-hydroxylation sites is 2. The number of carbonyl (C=O) groups excluding carboxylic acids is 1. The van der Waals surface area contributed by atoms with Crippen molar-refractivity contribution in [3.05, 3.63) is 54.1 Å². The molecule has 1 unspecified atom stereocenters. The number of ether oxygens (including phenoxy) is 3. The standard InChI is InChI=1S/C19H21NO4/c1-22-15-9-6-14(7-10-15)8-11-19(21)20-12-16-13-23-17-4-2-3-5-18(17)24-16/h2-7,9-10,16H,8,11-13H2,1H3,(H,20,21). The van der Waals surface area contributed by atoms with Gasteiger partial charge in [0, 0.05) is 6.42 Å². The van der Waals surface area contributed by atoms with Gasteiger partial charge in [0.1, 0.15) is 18.5 Å². The molecule has 0 aromatic heterocycles. The molecule has 24 heavy (non-hydrogen) atoms. The van der Waals surface area contributed by atoms with Crippen LogP contribution in [0.3, 0.4) is 0 Å². The van der Waals surface area contributed by atoms with E-state index in [1.54, 1.807) is 7.11 Å². The van der Waals surface area contributed by atoms with Crippen molar-refractivity contribution < 1.29 is 19.0 Å². The lowest BCUT2D eigenvalue weighted by molar-refractivity contribution is -0.121. The van der Waals surface area contributed by atoms with Gasteiger partial charge in [-0.15, -0.1) is 0 Å². The minimum absolute atomic E-state index is 0.00766. The fraction of sp³-hybridized carbons (Fsp3) is 0.316. The summed E-state index contributed by atoms with van der Waals surface area (Å²) < 4.78 is 16.6. The summed E-state index contributed by atoms with van der Waals surface area (Å²) in [6.07, 6.45) is 0.974. The first-order chi connectivity index (χ1) is 11.7. The highest BCUT2D eigenvalue weighted by Gasteiger charge is 2.20. The number of amides is 1. The average molecular weight is 327 g/mol. The number of hydrogen-bond acceptors (Lipinski definition) is 4. The maximum absolute atomic E-state index is 12.0. The van der Waals surface area contributed by atoms with E-state index in [0.717, 1.165) is 22.8 Å². The van der Waals surface area contributed by atoms with Crippen molar-refractivity contribution in [3.63, 3.8) is 0 Å². The second-order valence-corrected chi connectivity index (χ2v) is 5.65. The van der Waals surface area contributed by atoms with Gasteiger partial charge < -0.3 is 19.5 Å². The molecule has 0 spiro atoms. The fourth-order valence-electron chi connectivity index (χ4n) is 2.53. The second-order valence-electron chi connectivity index (χ2n) is 5.65. The summed E-state index contributed by atoms with van der Waals surface area (Å²) >= 11 is 0. The van der Waals surface area contributed by atoms with Crippen molar-refractivity contribution >= 4 is 5.91 Å². The molecule has 0 radical (unpaired) electrons. The van der Waals surface area contributed by atoms with E-state index in [1.165, 1.54) is 0 Å². The molecule has 1 N–H and O–H groups in total. The molecule has 5 heteroatoms. The zero-order chi connectivity index (χ0) is 16.8. The molecule has 1 atom stereocenters. The van der Waals surface area contributed by atoms with Gasteiger partial charge in [0.05, 0.1) is 13.7 Å². The van der Waals surface area contributed by atoms with Crippen LogP contribution in [0.1, 0.15) is 12.0 Å². The Kier molecular flexibility index (Phi) is 5.21. The van der Waals surface area contributed by atoms with Gasteiger partial charge in [0.15, 0.2) is 11.5 Å². The molecule has 2 aromatic rings. The number of aryl methyl sites for hydroxylation is 1. The molecule has 3 rings (SSSR count). The van der Waals surface area contributed by atoms with E-state index in [-0.39, 0.29) is 12.0 Å². The van der Waals surface area contributed by atoms with Gasteiger partial charge in [-0.25, -0.2) is 0 Å². The maximum atomic E-state index is 12.0. The third-order valence-corrected chi connectivity index (χ3v) is 3.89. The fourth-order valence-corrected chi connectivity index (χ4v) is 2.53. The van der Waals surface area contributed by atoms with Crippen molar-refractivity contribution in [3.8, 4) is 17.2 Å². The molecule has 126 valence electrons. The van der Waals surface area contributed by atoms with E-state index in [2.05, 4.69) is 5.32 Å². The van der Waals surface area contributed by atoms with Gasteiger partial charge in [-0.1, -0.05) is 24.3 Å². The van der Waals surface area contributed by atoms with Crippen molar-refractivity contribution in [1.29, 1.82) is 0 Å². The topological polar surface area (TPSA) is 56.8 Å². The number of benzene rings is 2. The molecule has 1 aliphatic heterocycles. The first-order valence-corrected chi connectivity index (χ1v) is 8.02. The number of hydrogen-bond donors (Lipinski definition) is 1. The van der Waals surface area contributed by atoms with E-state index in [4.69, 9.17) is 14.2 Å². The summed E-state index contributed by atoms with van der Waals surface area (Å²) in [7, 11) is 1.64. The number of rotatable bonds is 6. The van der Waals surface area contributed by atoms with E-state index < -0.39 is 0 Å². The lowest BCUT2D eigenvalue weighted by atomic mass is 10.1. The van der Waals surface area contributed by atoms with Gasteiger partial charge in [-0.05, 0) is 36.2 Å². The molecule has 1 amide bonds. The third-order valence-electron chi connectivity index (χ3n) is 3.89. The first-order valence-electron chi connectivity index (χ1n) is 8.02. The molecular formula is C19H21NO4. The van der Waals surface area contributed by atoms with Gasteiger partial charge in [-0.3, -0.25) is 4.79 Å². The Morgan fingerprint density at radius 3 is 2.67 bits per heavy atom. The van der Waals surface area contributed by atoms with Crippen LogP contribution in [0, 0.1) is 0 Å². The monoisotopic (exact) mass is 327 g/mol. The molecule has 2 aromatic carbocycles. The van der Waals surface area contributed by atoms with Crippen molar-refractivity contribution in [2.45, 2.75) is 18.9 Å². The number of fused-ring (bicyclic) bond motifs is 1. The SMILES string of the molecule is COc1ccc(CCC(=O)NCC2COc3ccccc3O2)cc1. The molecule has 0 bridgehead atoms. The van der Waals surface area contributed by atoms with Crippen LogP contribution in [0.25, 0.3) is 0 Å². The lowest BCUT2D eigenvalue weighted by Gasteiger charge is -2.26. The number of carbonyl (C=O) groups is 1. The average Bonchev–Trinajstić information content (AvgIpc) is 2.65. The minimum Gasteiger partial charge on any atom is -0.497 e. The molecular weight excluding hydrogens is 306 g/mol. The Bertz CT molecular complexity index is 684. The van der Waals surface area contributed by atoms with E-state index in [9.17, 15) is 4.79 Å². The molecule has 0 saturated heterocycles. The van der Waals surface area contributed by atoms with Crippen LogP contribution < -0.4 is 19.5 Å². The molecule has 1 aliphatic rings. The zero-order valence-electron chi connectivity index (χ0n) is 13.7. The highest BCUT2D eigenvalue weighted by molar-refractivity contribution is 5.76. The third kappa shape index (κ3) is 4.19. The second kappa shape index (κ2) is 7.73. The van der Waals surface area contributed by atoms with E-state index in [0.29, 0.717) is 26.0 Å². The molecule has 0 aliphatic carbocycles. The zero-order valence-corrected chi connectivity index (χ0v) is 13.7. The Balaban J connectivity index is 1.41. The summed E-state index contributed by atoms with van der Waals surface area (Å²) in [6.45, 7) is 0.881. The van der Waals surface area contributed by atoms with Gasteiger partial charge >= 0.3 is 0 Å². The Labute approximate surface area is 141 Å². The Morgan fingerprint density at radius 1 is 1.17 bits per heavy atom. The summed E-state index contributed by atoms with van der Waals surface area (Å²) in [5.41, 5.74) is 1.11. The number of methoxy groups -OCH3 is 1. The van der Waals surface area contributed by atoms with Crippen LogP contribution in [-0.4, -0.2) is 32.3 Å². The van der Waals surface area contributed by atoms with Crippen LogP contribution in [-0.2, 0) is 11.2 Å². The summed E-state index contributed by atoms with van der Waals surface area (Å²) in [5.74, 6) is 2.30. The van der Waals surface area contributed by atoms with Crippen LogP contribution in [0.5, 0.6) is 17.2 Å². The number of nitrogens with one attached hydrogen (secondary N) is 1. The van der Waals surface area contributed by atoms with Gasteiger partial charge in [0.25, 0.3) is 0 Å². The normalized spacial score (nSPS) is 15.6. The largest absolute Gasteiger partial charge is 0.497 e. The van der Waals surface area contributed by atoms with Crippen molar-refractivity contribution in [2.24, 2.45) is 0 Å². The van der Waals surface area contributed by atoms with Crippen molar-refractivity contribution in [2.75, 3.05) is 20.3 Å². The first kappa shape index (κ1) is 16.2. The smallest absolute Gasteiger partial charge is 0.220 e. The Hall–Kier alpha value is -2.69. The summed E-state index contributed by atoms with van der Waals surface area (Å²) in [5, 5.41) is 2.91. The van der Waals surface area contributed by atoms with Crippen LogP contribution in [0.4, 0.5) is 0 Å². The summed E-state index contributed by atoms with van der Waals surface area (Å²) in [4.78, 5) is 12.0. The molecule has 5 nitrogen and oxygen atoms in total. The molecule has 1 heterocycles. The van der Waals surface area contributed by atoms with E-state index >= 15 is 0 Å². The quantitative estimate of drug-likeness (QED) is 0.886. The minimum atomic E-state index is -0.162. The maximum Gasteiger partial charge on any atom is 0.220 e. The van der Waals surface area contributed by atoms with Crippen LogP contribution >= 0.6 is 0 Å².